The lowest BCUT2D eigenvalue weighted by Gasteiger charge is -2.06. The second-order valence-electron chi connectivity index (χ2n) is 3.38. The molecule has 0 fully saturated rings. The number of nitrogens with zero attached hydrogens (tertiary/aromatic N) is 3. The van der Waals surface area contributed by atoms with Gasteiger partial charge >= 0.3 is 0 Å². The van der Waals surface area contributed by atoms with Gasteiger partial charge in [-0.25, -0.2) is 4.68 Å². The molecule has 0 aliphatic rings. The van der Waals surface area contributed by atoms with E-state index in [-0.39, 0.29) is 5.88 Å². The van der Waals surface area contributed by atoms with Gasteiger partial charge in [0.2, 0.25) is 11.8 Å². The first-order valence-electron chi connectivity index (χ1n) is 4.67. The summed E-state index contributed by atoms with van der Waals surface area (Å²) in [6.07, 6.45) is 0. The fourth-order valence-corrected chi connectivity index (χ4v) is 1.43. The molecule has 0 radical (unpaired) electrons. The van der Waals surface area contributed by atoms with E-state index in [2.05, 4.69) is 10.1 Å². The summed E-state index contributed by atoms with van der Waals surface area (Å²) in [5.41, 5.74) is 7.01. The summed E-state index contributed by atoms with van der Waals surface area (Å²) >= 11 is 5.76. The van der Waals surface area contributed by atoms with Crippen LogP contribution in [0.25, 0.3) is 0 Å². The number of nitrogens with two attached hydrogens (primary N) is 1. The highest BCUT2D eigenvalue weighted by Gasteiger charge is 2.08. The molecule has 2 aromatic heterocycles. The van der Waals surface area contributed by atoms with E-state index in [0.29, 0.717) is 16.7 Å². The van der Waals surface area contributed by atoms with E-state index >= 15 is 0 Å². The Morgan fingerprint density at radius 1 is 1.44 bits per heavy atom. The highest BCUT2D eigenvalue weighted by atomic mass is 35.5. The van der Waals surface area contributed by atoms with Gasteiger partial charge in [0.1, 0.15) is 5.15 Å². The molecule has 0 spiro atoms. The van der Waals surface area contributed by atoms with Gasteiger partial charge in [-0.3, -0.25) is 0 Å². The standard InChI is InChI=1S/C10H11ClN4O/c1-6-5-9(15(2)14-6)16-10-7(12)3-4-8(11)13-10/h3-5H,12H2,1-2H3. The molecule has 5 nitrogen and oxygen atoms in total. The van der Waals surface area contributed by atoms with Crippen LogP contribution in [-0.2, 0) is 7.05 Å². The third-order valence-corrected chi connectivity index (χ3v) is 2.23. The van der Waals surface area contributed by atoms with Gasteiger partial charge < -0.3 is 10.5 Å². The number of hydrogen-bond acceptors (Lipinski definition) is 4. The summed E-state index contributed by atoms with van der Waals surface area (Å²) in [6, 6.07) is 5.05. The summed E-state index contributed by atoms with van der Waals surface area (Å²) in [5, 5.41) is 4.49. The van der Waals surface area contributed by atoms with Crippen LogP contribution in [0.15, 0.2) is 18.2 Å². The lowest BCUT2D eigenvalue weighted by atomic mass is 10.4. The number of hydrogen-bond donors (Lipinski definition) is 1. The maximum absolute atomic E-state index is 5.76. The van der Waals surface area contributed by atoms with E-state index in [1.165, 1.54) is 0 Å². The van der Waals surface area contributed by atoms with E-state index in [9.17, 15) is 0 Å². The average Bonchev–Trinajstić information content (AvgIpc) is 2.51. The Bertz CT molecular complexity index is 524. The van der Waals surface area contributed by atoms with Gasteiger partial charge in [-0.05, 0) is 19.1 Å². The van der Waals surface area contributed by atoms with Crippen LogP contribution in [0.1, 0.15) is 5.69 Å². The Morgan fingerprint density at radius 3 is 2.81 bits per heavy atom. The Kier molecular flexibility index (Phi) is 2.70. The number of anilines is 1. The molecule has 0 amide bonds. The third-order valence-electron chi connectivity index (χ3n) is 2.02. The number of pyridine rings is 1. The second kappa shape index (κ2) is 4.02. The first-order chi connectivity index (χ1) is 7.56. The van der Waals surface area contributed by atoms with E-state index in [0.717, 1.165) is 5.69 Å². The molecule has 0 bridgehead atoms. The maximum atomic E-state index is 5.76. The lowest BCUT2D eigenvalue weighted by molar-refractivity contribution is 0.418. The number of halogens is 1. The third kappa shape index (κ3) is 2.09. The summed E-state index contributed by atoms with van der Waals surface area (Å²) in [4.78, 5) is 4.00. The van der Waals surface area contributed by atoms with Crippen molar-refractivity contribution in [3.63, 3.8) is 0 Å². The smallest absolute Gasteiger partial charge is 0.245 e. The van der Waals surface area contributed by atoms with Crippen molar-refractivity contribution in [3.05, 3.63) is 29.0 Å². The molecule has 2 aromatic rings. The molecule has 0 saturated heterocycles. The number of aryl methyl sites for hydroxylation is 2. The van der Waals surface area contributed by atoms with Crippen LogP contribution in [0.2, 0.25) is 5.15 Å². The molecule has 2 rings (SSSR count). The van der Waals surface area contributed by atoms with Gasteiger partial charge in [0.05, 0.1) is 11.4 Å². The largest absolute Gasteiger partial charge is 0.419 e. The molecular formula is C10H11ClN4O. The van der Waals surface area contributed by atoms with Crippen LogP contribution in [0.3, 0.4) is 0 Å². The molecule has 0 aliphatic carbocycles. The normalized spacial score (nSPS) is 10.4. The van der Waals surface area contributed by atoms with Gasteiger partial charge in [-0.1, -0.05) is 11.6 Å². The van der Waals surface area contributed by atoms with Crippen LogP contribution in [0.5, 0.6) is 11.8 Å². The number of nitrogen functional groups attached to an aromatic ring is 1. The van der Waals surface area contributed by atoms with Gasteiger partial charge in [0, 0.05) is 13.1 Å². The van der Waals surface area contributed by atoms with Crippen LogP contribution >= 0.6 is 11.6 Å². The summed E-state index contributed by atoms with van der Waals surface area (Å²) in [6.45, 7) is 1.88. The minimum Gasteiger partial charge on any atom is -0.419 e. The minimum absolute atomic E-state index is 0.288. The van der Waals surface area contributed by atoms with E-state index in [4.69, 9.17) is 22.1 Å². The van der Waals surface area contributed by atoms with Crippen molar-refractivity contribution in [2.75, 3.05) is 5.73 Å². The number of aromatic nitrogens is 3. The predicted molar refractivity (Wildman–Crippen MR) is 61.7 cm³/mol. The van der Waals surface area contributed by atoms with Gasteiger partial charge in [-0.15, -0.1) is 0 Å². The Morgan fingerprint density at radius 2 is 2.19 bits per heavy atom. The molecule has 6 heteroatoms. The monoisotopic (exact) mass is 238 g/mol. The molecule has 0 aromatic carbocycles. The molecule has 2 N–H and O–H groups in total. The summed E-state index contributed by atoms with van der Waals surface area (Å²) in [5.74, 6) is 0.856. The van der Waals surface area contributed by atoms with Crippen molar-refractivity contribution >= 4 is 17.3 Å². The molecular weight excluding hydrogens is 228 g/mol. The number of ether oxygens (including phenoxy) is 1. The van der Waals surface area contributed by atoms with Gasteiger partial charge in [0.25, 0.3) is 0 Å². The van der Waals surface area contributed by atoms with Gasteiger partial charge in [0.15, 0.2) is 0 Å². The topological polar surface area (TPSA) is 66.0 Å². The first-order valence-corrected chi connectivity index (χ1v) is 5.04. The Labute approximate surface area is 97.8 Å². The van der Waals surface area contributed by atoms with Crippen molar-refractivity contribution < 1.29 is 4.74 Å². The van der Waals surface area contributed by atoms with Crippen molar-refractivity contribution in [1.82, 2.24) is 14.8 Å². The molecule has 0 atom stereocenters. The Balaban J connectivity index is 2.33. The summed E-state index contributed by atoms with van der Waals surface area (Å²) in [7, 11) is 1.78. The van der Waals surface area contributed by atoms with Crippen molar-refractivity contribution in [2.45, 2.75) is 6.92 Å². The van der Waals surface area contributed by atoms with Crippen LogP contribution < -0.4 is 10.5 Å². The number of rotatable bonds is 2. The quantitative estimate of drug-likeness (QED) is 0.815. The lowest BCUT2D eigenvalue weighted by Crippen LogP contribution is -1.99. The van der Waals surface area contributed by atoms with E-state index in [1.807, 2.05) is 6.92 Å². The SMILES string of the molecule is Cc1cc(Oc2nc(Cl)ccc2N)n(C)n1. The molecule has 0 aliphatic heterocycles. The predicted octanol–water partition coefficient (Wildman–Crippen LogP) is 2.15. The first kappa shape index (κ1) is 10.8. The molecule has 2 heterocycles. The van der Waals surface area contributed by atoms with Crippen molar-refractivity contribution in [3.8, 4) is 11.8 Å². The summed E-state index contributed by atoms with van der Waals surface area (Å²) < 4.78 is 7.13. The average molecular weight is 239 g/mol. The van der Waals surface area contributed by atoms with Crippen LogP contribution in [-0.4, -0.2) is 14.8 Å². The molecule has 0 saturated carbocycles. The highest BCUT2D eigenvalue weighted by molar-refractivity contribution is 6.29. The van der Waals surface area contributed by atoms with Gasteiger partial charge in [-0.2, -0.15) is 10.1 Å². The van der Waals surface area contributed by atoms with Crippen molar-refractivity contribution in [1.29, 1.82) is 0 Å². The second-order valence-corrected chi connectivity index (χ2v) is 3.77. The maximum Gasteiger partial charge on any atom is 0.245 e. The van der Waals surface area contributed by atoms with E-state index in [1.54, 1.807) is 29.9 Å². The fourth-order valence-electron chi connectivity index (χ4n) is 1.29. The fraction of sp³-hybridized carbons (Fsp3) is 0.200. The zero-order chi connectivity index (χ0) is 11.7. The van der Waals surface area contributed by atoms with Crippen LogP contribution in [0, 0.1) is 6.92 Å². The molecule has 0 unspecified atom stereocenters. The Hall–Kier alpha value is -1.75. The zero-order valence-electron chi connectivity index (χ0n) is 8.94. The molecule has 16 heavy (non-hydrogen) atoms. The minimum atomic E-state index is 0.288. The molecule has 84 valence electrons. The zero-order valence-corrected chi connectivity index (χ0v) is 9.69. The van der Waals surface area contributed by atoms with E-state index < -0.39 is 0 Å². The highest BCUT2D eigenvalue weighted by Crippen LogP contribution is 2.26. The van der Waals surface area contributed by atoms with Crippen LogP contribution in [0.4, 0.5) is 5.69 Å². The van der Waals surface area contributed by atoms with Crippen molar-refractivity contribution in [2.24, 2.45) is 7.05 Å².